The number of ether oxygens (including phenoxy) is 2. The number of aryl methyl sites for hydroxylation is 1. The maximum absolute atomic E-state index is 15.0. The fourth-order valence-electron chi connectivity index (χ4n) is 7.93. The van der Waals surface area contributed by atoms with Crippen molar-refractivity contribution in [2.45, 2.75) is 63.8 Å². The van der Waals surface area contributed by atoms with E-state index in [2.05, 4.69) is 24.0 Å². The molecule has 1 aliphatic heterocycles. The molecule has 0 saturated carbocycles. The average Bonchev–Trinajstić information content (AvgIpc) is 3.94. The molecule has 56 heavy (non-hydrogen) atoms. The van der Waals surface area contributed by atoms with Crippen LogP contribution in [-0.4, -0.2) is 75.4 Å². The fraction of sp³-hybridized carbons (Fsp3) is 0.341. The molecule has 6 aromatic rings. The number of likely N-dealkylation sites (tertiary alicyclic amines) is 1. The lowest BCUT2D eigenvalue weighted by molar-refractivity contribution is -0.129. The summed E-state index contributed by atoms with van der Waals surface area (Å²) < 4.78 is 29.8. The van der Waals surface area contributed by atoms with E-state index in [9.17, 15) is 19.2 Å². The minimum absolute atomic E-state index is 0.131. The van der Waals surface area contributed by atoms with E-state index in [1.54, 1.807) is 14.0 Å². The summed E-state index contributed by atoms with van der Waals surface area (Å²) in [6.45, 7) is 6.39. The molecule has 15 heteroatoms. The van der Waals surface area contributed by atoms with Crippen LogP contribution in [0, 0.1) is 12.7 Å². The maximum Gasteiger partial charge on any atom is 0.332 e. The van der Waals surface area contributed by atoms with E-state index < -0.39 is 42.6 Å². The van der Waals surface area contributed by atoms with Crippen molar-refractivity contribution in [1.82, 2.24) is 29.0 Å². The first-order valence-corrected chi connectivity index (χ1v) is 21.3. The number of nitrogens with zero attached hydrogens (tertiary/aromatic N) is 6. The van der Waals surface area contributed by atoms with Crippen LogP contribution in [-0.2, 0) is 16.1 Å². The zero-order valence-corrected chi connectivity index (χ0v) is 33.8. The van der Waals surface area contributed by atoms with Gasteiger partial charge in [-0.3, -0.25) is 14.2 Å². The lowest BCUT2D eigenvalue weighted by Crippen LogP contribution is -2.65. The highest BCUT2D eigenvalue weighted by atomic mass is 32.1. The van der Waals surface area contributed by atoms with E-state index in [1.807, 2.05) is 60.7 Å². The van der Waals surface area contributed by atoms with Crippen molar-refractivity contribution in [1.29, 1.82) is 0 Å². The molecular weight excluding hydrogens is 752 g/mol. The van der Waals surface area contributed by atoms with Gasteiger partial charge in [0.15, 0.2) is 0 Å². The Labute approximate surface area is 328 Å². The summed E-state index contributed by atoms with van der Waals surface area (Å²) in [6, 6.07) is 22.7. The van der Waals surface area contributed by atoms with Crippen molar-refractivity contribution in [3.8, 4) is 10.8 Å². The lowest BCUT2D eigenvalue weighted by Gasteiger charge is -2.41. The van der Waals surface area contributed by atoms with E-state index in [1.165, 1.54) is 63.3 Å². The topological polar surface area (TPSA) is 134 Å². The highest BCUT2D eigenvalue weighted by Gasteiger charge is 2.49. The van der Waals surface area contributed by atoms with Gasteiger partial charge in [0.2, 0.25) is 5.91 Å². The predicted octanol–water partition coefficient (Wildman–Crippen LogP) is 4.74. The van der Waals surface area contributed by atoms with Crippen LogP contribution in [0.1, 0.15) is 56.4 Å². The Balaban J connectivity index is 1.28. The van der Waals surface area contributed by atoms with Crippen molar-refractivity contribution in [3.63, 3.8) is 0 Å². The summed E-state index contributed by atoms with van der Waals surface area (Å²) in [4.78, 5) is 58.1. The van der Waals surface area contributed by atoms with Gasteiger partial charge in [0, 0.05) is 31.3 Å². The predicted molar refractivity (Wildman–Crippen MR) is 216 cm³/mol. The van der Waals surface area contributed by atoms with Crippen molar-refractivity contribution < 1.29 is 23.5 Å². The number of fused-ring (bicyclic) bond motifs is 1. The summed E-state index contributed by atoms with van der Waals surface area (Å²) >= 11 is 1.18. The van der Waals surface area contributed by atoms with Gasteiger partial charge in [-0.25, -0.2) is 13.8 Å². The van der Waals surface area contributed by atoms with E-state index in [0.717, 1.165) is 14.9 Å². The quantitative estimate of drug-likeness (QED) is 0.124. The number of hydrogen-bond donors (Lipinski definition) is 1. The van der Waals surface area contributed by atoms with Gasteiger partial charge in [0.1, 0.15) is 33.5 Å². The molecule has 0 aliphatic carbocycles. The summed E-state index contributed by atoms with van der Waals surface area (Å²) in [5.74, 6) is -0.479. The Morgan fingerprint density at radius 2 is 1.64 bits per heavy atom. The number of hydrogen-bond acceptors (Lipinski definition) is 9. The molecule has 0 radical (unpaired) electrons. The van der Waals surface area contributed by atoms with Gasteiger partial charge in [-0.2, -0.15) is 10.2 Å². The van der Waals surface area contributed by atoms with Crippen molar-refractivity contribution in [3.05, 3.63) is 129 Å². The number of benzene rings is 3. The second-order valence-electron chi connectivity index (χ2n) is 14.8. The molecule has 0 bridgehead atoms. The van der Waals surface area contributed by atoms with Crippen LogP contribution >= 0.6 is 11.3 Å². The van der Waals surface area contributed by atoms with Gasteiger partial charge in [-0.05, 0) is 59.8 Å². The standard InChI is InChI=1S/C41H45FN6O6SSi/c1-27-35-37(50)47(32-19-23-45(4)36(32)49)40(51)46(39(35)55-38(27)48-43-21-22-44-48)26-34(31-25-28(42)17-18-33(31)53-5)54-24-12-20-41(2,3)56(52,29-13-8-6-9-14-29)30-15-10-7-11-16-30/h6-11,13-18,21-22,25,32,34,52H,12,19-20,23-24,26H2,1-5H3/t32-,34+/m1/s1. The largest absolute Gasteiger partial charge is 0.496 e. The molecule has 12 nitrogen and oxygen atoms in total. The zero-order valence-electron chi connectivity index (χ0n) is 32.0. The monoisotopic (exact) mass is 796 g/mol. The fourth-order valence-corrected chi connectivity index (χ4v) is 12.9. The molecule has 2 atom stereocenters. The molecule has 292 valence electrons. The third kappa shape index (κ3) is 6.93. The Kier molecular flexibility index (Phi) is 11.0. The normalized spacial score (nSPS) is 15.5. The summed E-state index contributed by atoms with van der Waals surface area (Å²) in [5, 5.41) is 10.6. The van der Waals surface area contributed by atoms with Gasteiger partial charge >= 0.3 is 5.69 Å². The summed E-state index contributed by atoms with van der Waals surface area (Å²) in [5.41, 5.74) is -0.310. The Morgan fingerprint density at radius 3 is 2.23 bits per heavy atom. The Morgan fingerprint density at radius 1 is 1.00 bits per heavy atom. The molecular formula is C41H45FN6O6SSi. The van der Waals surface area contributed by atoms with Crippen LogP contribution in [0.3, 0.4) is 0 Å². The highest BCUT2D eigenvalue weighted by molar-refractivity contribution is 7.21. The van der Waals surface area contributed by atoms with Crippen molar-refractivity contribution in [2.24, 2.45) is 0 Å². The first kappa shape index (κ1) is 39.0. The molecule has 1 fully saturated rings. The summed E-state index contributed by atoms with van der Waals surface area (Å²) in [6.07, 6.45) is 3.52. The Hall–Kier alpha value is -5.22. The number of likely N-dealkylation sites (N-methyl/N-ethyl adjacent to an activating group) is 1. The molecule has 3 aromatic carbocycles. The number of halogens is 1. The molecule has 1 aliphatic rings. The van der Waals surface area contributed by atoms with Crippen LogP contribution in [0.5, 0.6) is 5.75 Å². The SMILES string of the molecule is COc1ccc(F)cc1[C@H](Cn1c(=O)n([C@@H]2CCN(C)C2=O)c(=O)c2c(C)c(-n3nccn3)sc21)OCCCC(C)(C)[Si](O)(c1ccccc1)c1ccccc1. The van der Waals surface area contributed by atoms with E-state index in [4.69, 9.17) is 9.47 Å². The summed E-state index contributed by atoms with van der Waals surface area (Å²) in [7, 11) is -0.173. The number of amides is 1. The first-order chi connectivity index (χ1) is 26.9. The zero-order chi connectivity index (χ0) is 39.8. The molecule has 3 aromatic heterocycles. The lowest BCUT2D eigenvalue weighted by atomic mass is 10.1. The van der Waals surface area contributed by atoms with E-state index in [0.29, 0.717) is 52.5 Å². The van der Waals surface area contributed by atoms with Crippen molar-refractivity contribution >= 4 is 46.2 Å². The number of aromatic nitrogens is 5. The van der Waals surface area contributed by atoms with Gasteiger partial charge in [-0.1, -0.05) is 85.8 Å². The molecule has 4 heterocycles. The molecule has 1 amide bonds. The number of methoxy groups -OCH3 is 1. The molecule has 1 N–H and O–H groups in total. The van der Waals surface area contributed by atoms with Crippen LogP contribution < -0.4 is 26.4 Å². The first-order valence-electron chi connectivity index (χ1n) is 18.6. The smallest absolute Gasteiger partial charge is 0.332 e. The van der Waals surface area contributed by atoms with Crippen LogP contribution in [0.25, 0.3) is 15.2 Å². The average molecular weight is 797 g/mol. The van der Waals surface area contributed by atoms with E-state index >= 15 is 4.39 Å². The second-order valence-corrected chi connectivity index (χ2v) is 19.7. The third-order valence-corrected chi connectivity index (χ3v) is 16.9. The van der Waals surface area contributed by atoms with Crippen LogP contribution in [0.4, 0.5) is 4.39 Å². The maximum atomic E-state index is 15.0. The minimum Gasteiger partial charge on any atom is -0.496 e. The Bertz CT molecular complexity index is 2430. The number of carbonyl (C=O) groups is 1. The molecule has 7 rings (SSSR count). The minimum atomic E-state index is -3.30. The van der Waals surface area contributed by atoms with Gasteiger partial charge in [0.25, 0.3) is 13.9 Å². The third-order valence-electron chi connectivity index (χ3n) is 11.0. The number of thiophene rings is 1. The van der Waals surface area contributed by atoms with Gasteiger partial charge in [0.05, 0.1) is 31.4 Å². The molecule has 0 spiro atoms. The highest BCUT2D eigenvalue weighted by Crippen LogP contribution is 2.40. The number of rotatable bonds is 14. The number of carbonyl (C=O) groups excluding carboxylic acids is 1. The van der Waals surface area contributed by atoms with Gasteiger partial charge < -0.3 is 19.2 Å². The van der Waals surface area contributed by atoms with Crippen LogP contribution in [0.15, 0.2) is 101 Å². The second kappa shape index (κ2) is 15.7. The van der Waals surface area contributed by atoms with Crippen LogP contribution in [0.2, 0.25) is 5.04 Å². The molecule has 1 saturated heterocycles. The van der Waals surface area contributed by atoms with Gasteiger partial charge in [-0.15, -0.1) is 4.80 Å². The van der Waals surface area contributed by atoms with Crippen molar-refractivity contribution in [2.75, 3.05) is 27.3 Å². The van der Waals surface area contributed by atoms with E-state index in [-0.39, 0.29) is 24.4 Å². The molecule has 0 unspecified atom stereocenters.